The quantitative estimate of drug-likeness (QED) is 0.885. The van der Waals surface area contributed by atoms with Crippen LogP contribution >= 0.6 is 0 Å². The van der Waals surface area contributed by atoms with Crippen molar-refractivity contribution in [3.8, 4) is 5.75 Å². The maximum absolute atomic E-state index is 11.4. The third-order valence-electron chi connectivity index (χ3n) is 2.77. The Morgan fingerprint density at radius 2 is 1.67 bits per heavy atom. The number of anilines is 1. The molecule has 2 N–H and O–H groups in total. The van der Waals surface area contributed by atoms with Crippen molar-refractivity contribution < 1.29 is 19.4 Å². The van der Waals surface area contributed by atoms with Crippen LogP contribution in [0.25, 0.3) is 0 Å². The highest BCUT2D eigenvalue weighted by atomic mass is 16.5. The van der Waals surface area contributed by atoms with E-state index in [1.165, 1.54) is 6.92 Å². The standard InChI is InChI=1S/C16H15NO4/c1-11(18)17-13-9-5-6-10-14(13)21-15(16(19)20)12-7-3-2-4-8-12/h2-10,15H,1H3,(H,17,18)(H,19,20). The molecule has 0 saturated heterocycles. The van der Waals surface area contributed by atoms with Crippen molar-refractivity contribution in [1.82, 2.24) is 0 Å². The highest BCUT2D eigenvalue weighted by Gasteiger charge is 2.22. The van der Waals surface area contributed by atoms with Crippen molar-refractivity contribution >= 4 is 17.6 Å². The second-order valence-corrected chi connectivity index (χ2v) is 4.42. The van der Waals surface area contributed by atoms with E-state index in [1.807, 2.05) is 0 Å². The zero-order valence-corrected chi connectivity index (χ0v) is 11.4. The Morgan fingerprint density at radius 1 is 1.05 bits per heavy atom. The van der Waals surface area contributed by atoms with Crippen molar-refractivity contribution in [2.75, 3.05) is 5.32 Å². The average molecular weight is 285 g/mol. The first-order valence-electron chi connectivity index (χ1n) is 6.39. The van der Waals surface area contributed by atoms with Crippen LogP contribution < -0.4 is 10.1 Å². The Hall–Kier alpha value is -2.82. The third kappa shape index (κ3) is 3.82. The predicted octanol–water partition coefficient (Wildman–Crippen LogP) is 2.85. The lowest BCUT2D eigenvalue weighted by Crippen LogP contribution is -2.19. The summed E-state index contributed by atoms with van der Waals surface area (Å²) < 4.78 is 5.58. The maximum atomic E-state index is 11.4. The molecule has 108 valence electrons. The molecule has 5 heteroatoms. The molecule has 0 aliphatic carbocycles. The molecule has 1 atom stereocenters. The summed E-state index contributed by atoms with van der Waals surface area (Å²) in [4.78, 5) is 22.6. The van der Waals surface area contributed by atoms with E-state index in [-0.39, 0.29) is 5.91 Å². The van der Waals surface area contributed by atoms with Crippen LogP contribution in [0.1, 0.15) is 18.6 Å². The van der Waals surface area contributed by atoms with Crippen molar-refractivity contribution in [3.05, 3.63) is 60.2 Å². The van der Waals surface area contributed by atoms with Crippen LogP contribution in [0.5, 0.6) is 5.75 Å². The molecule has 0 saturated carbocycles. The van der Waals surface area contributed by atoms with Crippen molar-refractivity contribution in [3.63, 3.8) is 0 Å². The molecule has 0 bridgehead atoms. The van der Waals surface area contributed by atoms with Gasteiger partial charge in [0.2, 0.25) is 12.0 Å². The van der Waals surface area contributed by atoms with E-state index in [2.05, 4.69) is 5.32 Å². The van der Waals surface area contributed by atoms with Crippen molar-refractivity contribution in [2.45, 2.75) is 13.0 Å². The summed E-state index contributed by atoms with van der Waals surface area (Å²) in [6.45, 7) is 1.38. The summed E-state index contributed by atoms with van der Waals surface area (Å²) in [5.41, 5.74) is 0.967. The van der Waals surface area contributed by atoms with Gasteiger partial charge in [-0.05, 0) is 12.1 Å². The Morgan fingerprint density at radius 3 is 2.29 bits per heavy atom. The Labute approximate surface area is 122 Å². The van der Waals surface area contributed by atoms with Gasteiger partial charge in [0.25, 0.3) is 0 Å². The van der Waals surface area contributed by atoms with Gasteiger partial charge in [-0.25, -0.2) is 4.79 Å². The van der Waals surface area contributed by atoms with Gasteiger partial charge < -0.3 is 15.2 Å². The summed E-state index contributed by atoms with van der Waals surface area (Å²) in [5.74, 6) is -1.04. The monoisotopic (exact) mass is 285 g/mol. The minimum Gasteiger partial charge on any atom is -0.478 e. The normalized spacial score (nSPS) is 11.5. The first-order chi connectivity index (χ1) is 10.1. The summed E-state index contributed by atoms with van der Waals surface area (Å²) >= 11 is 0. The second kappa shape index (κ2) is 6.56. The number of nitrogens with one attached hydrogen (secondary N) is 1. The Kier molecular flexibility index (Phi) is 4.56. The van der Waals surface area contributed by atoms with E-state index < -0.39 is 12.1 Å². The fourth-order valence-corrected chi connectivity index (χ4v) is 1.88. The average Bonchev–Trinajstić information content (AvgIpc) is 2.46. The van der Waals surface area contributed by atoms with Gasteiger partial charge in [-0.15, -0.1) is 0 Å². The molecule has 2 aromatic rings. The number of aliphatic carboxylic acids is 1. The number of carbonyl (C=O) groups excluding carboxylic acids is 1. The van der Waals surface area contributed by atoms with Crippen molar-refractivity contribution in [1.29, 1.82) is 0 Å². The number of carbonyl (C=O) groups is 2. The van der Waals surface area contributed by atoms with E-state index >= 15 is 0 Å². The SMILES string of the molecule is CC(=O)Nc1ccccc1OC(C(=O)O)c1ccccc1. The van der Waals surface area contributed by atoms with Gasteiger partial charge in [-0.3, -0.25) is 4.79 Å². The van der Waals surface area contributed by atoms with Crippen LogP contribution in [0, 0.1) is 0 Å². The van der Waals surface area contributed by atoms with Crippen LogP contribution in [0.2, 0.25) is 0 Å². The molecule has 0 aromatic heterocycles. The molecule has 0 heterocycles. The zero-order chi connectivity index (χ0) is 15.2. The smallest absolute Gasteiger partial charge is 0.349 e. The molecule has 2 aromatic carbocycles. The van der Waals surface area contributed by atoms with Crippen molar-refractivity contribution in [2.24, 2.45) is 0 Å². The molecule has 1 unspecified atom stereocenters. The Bertz CT molecular complexity index is 640. The first-order valence-corrected chi connectivity index (χ1v) is 6.39. The maximum Gasteiger partial charge on any atom is 0.349 e. The lowest BCUT2D eigenvalue weighted by atomic mass is 10.1. The fourth-order valence-electron chi connectivity index (χ4n) is 1.88. The highest BCUT2D eigenvalue weighted by molar-refractivity contribution is 5.90. The molecular weight excluding hydrogens is 270 g/mol. The van der Waals surface area contributed by atoms with E-state index in [4.69, 9.17) is 4.74 Å². The van der Waals surface area contributed by atoms with E-state index in [1.54, 1.807) is 54.6 Å². The number of ether oxygens (including phenoxy) is 1. The minimum atomic E-state index is -1.14. The summed E-state index contributed by atoms with van der Waals surface area (Å²) in [6.07, 6.45) is -1.14. The van der Waals surface area contributed by atoms with Gasteiger partial charge in [0, 0.05) is 12.5 Å². The molecular formula is C16H15NO4. The van der Waals surface area contributed by atoms with Gasteiger partial charge in [0.05, 0.1) is 5.69 Å². The second-order valence-electron chi connectivity index (χ2n) is 4.42. The zero-order valence-electron chi connectivity index (χ0n) is 11.4. The number of carboxylic acid groups (broad SMARTS) is 1. The number of amides is 1. The largest absolute Gasteiger partial charge is 0.478 e. The van der Waals surface area contributed by atoms with Crippen LogP contribution in [-0.4, -0.2) is 17.0 Å². The number of hydrogen-bond acceptors (Lipinski definition) is 3. The summed E-state index contributed by atoms with van der Waals surface area (Å²) in [5, 5.41) is 12.0. The van der Waals surface area contributed by atoms with Gasteiger partial charge in [0.15, 0.2) is 0 Å². The summed E-state index contributed by atoms with van der Waals surface area (Å²) in [6, 6.07) is 15.4. The first kappa shape index (κ1) is 14.6. The van der Waals surface area contributed by atoms with Gasteiger partial charge >= 0.3 is 5.97 Å². The third-order valence-corrected chi connectivity index (χ3v) is 2.77. The molecule has 0 aliphatic heterocycles. The van der Waals surface area contributed by atoms with Gasteiger partial charge in [-0.2, -0.15) is 0 Å². The molecule has 0 fully saturated rings. The van der Waals surface area contributed by atoms with Crippen LogP contribution in [0.4, 0.5) is 5.69 Å². The van der Waals surface area contributed by atoms with Gasteiger partial charge in [-0.1, -0.05) is 42.5 Å². The Balaban J connectivity index is 2.30. The molecule has 0 aliphatic rings. The molecule has 21 heavy (non-hydrogen) atoms. The summed E-state index contributed by atoms with van der Waals surface area (Å²) in [7, 11) is 0. The van der Waals surface area contributed by atoms with Crippen LogP contribution in [0.15, 0.2) is 54.6 Å². The predicted molar refractivity (Wildman–Crippen MR) is 78.2 cm³/mol. The number of hydrogen-bond donors (Lipinski definition) is 2. The molecule has 5 nitrogen and oxygen atoms in total. The number of carboxylic acids is 1. The van der Waals surface area contributed by atoms with Gasteiger partial charge in [0.1, 0.15) is 5.75 Å². The molecule has 0 radical (unpaired) electrons. The van der Waals surface area contributed by atoms with Crippen LogP contribution in [0.3, 0.4) is 0 Å². The van der Waals surface area contributed by atoms with E-state index in [0.717, 1.165) is 0 Å². The topological polar surface area (TPSA) is 75.6 Å². The lowest BCUT2D eigenvalue weighted by molar-refractivity contribution is -0.145. The molecule has 1 amide bonds. The van der Waals surface area contributed by atoms with E-state index in [9.17, 15) is 14.7 Å². The van der Waals surface area contributed by atoms with Crippen LogP contribution in [-0.2, 0) is 9.59 Å². The molecule has 0 spiro atoms. The number of benzene rings is 2. The molecule has 2 rings (SSSR count). The van der Waals surface area contributed by atoms with E-state index in [0.29, 0.717) is 17.0 Å². The number of rotatable bonds is 5. The number of para-hydroxylation sites is 2. The highest BCUT2D eigenvalue weighted by Crippen LogP contribution is 2.29. The fraction of sp³-hybridized carbons (Fsp3) is 0.125. The lowest BCUT2D eigenvalue weighted by Gasteiger charge is -2.18. The minimum absolute atomic E-state index is 0.252.